The highest BCUT2D eigenvalue weighted by Crippen LogP contribution is 2.30. The Morgan fingerprint density at radius 1 is 1.29 bits per heavy atom. The van der Waals surface area contributed by atoms with Gasteiger partial charge >= 0.3 is 0 Å². The van der Waals surface area contributed by atoms with Gasteiger partial charge in [-0.05, 0) is 38.8 Å². The van der Waals surface area contributed by atoms with Crippen LogP contribution in [0.15, 0.2) is 23.2 Å². The summed E-state index contributed by atoms with van der Waals surface area (Å²) in [4.78, 5) is 6.91. The molecule has 3 N–H and O–H groups in total. The van der Waals surface area contributed by atoms with Crippen molar-refractivity contribution in [3.05, 3.63) is 18.2 Å². The van der Waals surface area contributed by atoms with Crippen molar-refractivity contribution in [1.29, 1.82) is 0 Å². The average Bonchev–Trinajstić information content (AvgIpc) is 3.35. The molecular weight excluding hydrogens is 419 g/mol. The standard InChI is InChI=1S/C17H28N4O2.HI/c1-12(2)21(14-6-7-14)10-9-19-17(18)20-13-5-8-15(22-3)16(11-13)23-4;/h5,8,11-12,14H,6-7,9-10H2,1-4H3,(H3,18,19,20);1H. The summed E-state index contributed by atoms with van der Waals surface area (Å²) in [6, 6.07) is 6.85. The van der Waals surface area contributed by atoms with Crippen molar-refractivity contribution in [3.63, 3.8) is 0 Å². The first-order valence-electron chi connectivity index (χ1n) is 8.10. The first-order valence-corrected chi connectivity index (χ1v) is 8.10. The van der Waals surface area contributed by atoms with Crippen molar-refractivity contribution in [3.8, 4) is 11.5 Å². The Bertz CT molecular complexity index is 545. The summed E-state index contributed by atoms with van der Waals surface area (Å²) < 4.78 is 10.5. The molecule has 0 amide bonds. The number of hydrogen-bond donors (Lipinski definition) is 2. The molecule has 24 heavy (non-hydrogen) atoms. The molecule has 0 unspecified atom stereocenters. The molecule has 1 aromatic carbocycles. The van der Waals surface area contributed by atoms with Crippen LogP contribution in [0.3, 0.4) is 0 Å². The van der Waals surface area contributed by atoms with Crippen molar-refractivity contribution in [2.45, 2.75) is 38.8 Å². The van der Waals surface area contributed by atoms with Crippen LogP contribution in [0.1, 0.15) is 26.7 Å². The fraction of sp³-hybridized carbons (Fsp3) is 0.588. The fourth-order valence-electron chi connectivity index (χ4n) is 2.66. The van der Waals surface area contributed by atoms with E-state index in [2.05, 4.69) is 29.1 Å². The third-order valence-electron chi connectivity index (χ3n) is 3.98. The zero-order valence-corrected chi connectivity index (χ0v) is 17.2. The number of ether oxygens (including phenoxy) is 2. The molecule has 6 nitrogen and oxygen atoms in total. The molecule has 7 heteroatoms. The van der Waals surface area contributed by atoms with Crippen LogP contribution in [-0.2, 0) is 0 Å². The van der Waals surface area contributed by atoms with E-state index in [1.165, 1.54) is 12.8 Å². The summed E-state index contributed by atoms with van der Waals surface area (Å²) in [5.41, 5.74) is 6.80. The van der Waals surface area contributed by atoms with Crippen LogP contribution in [0, 0.1) is 0 Å². The summed E-state index contributed by atoms with van der Waals surface area (Å²) in [5.74, 6) is 1.76. The Hall–Kier alpha value is -1.22. The molecule has 0 aromatic heterocycles. The lowest BCUT2D eigenvalue weighted by Gasteiger charge is -2.25. The number of nitrogens with zero attached hydrogens (tertiary/aromatic N) is 2. The fourth-order valence-corrected chi connectivity index (χ4v) is 2.66. The topological polar surface area (TPSA) is 72.1 Å². The number of anilines is 1. The highest BCUT2D eigenvalue weighted by atomic mass is 127. The van der Waals surface area contributed by atoms with Gasteiger partial charge in [-0.3, -0.25) is 9.89 Å². The molecule has 136 valence electrons. The Balaban J connectivity index is 0.00000288. The number of rotatable bonds is 8. The Morgan fingerprint density at radius 3 is 2.50 bits per heavy atom. The molecule has 1 fully saturated rings. The van der Waals surface area contributed by atoms with Gasteiger partial charge < -0.3 is 20.5 Å². The minimum atomic E-state index is 0. The van der Waals surface area contributed by atoms with E-state index in [9.17, 15) is 0 Å². The number of nitrogens with one attached hydrogen (secondary N) is 1. The van der Waals surface area contributed by atoms with Crippen LogP contribution in [0.4, 0.5) is 5.69 Å². The van der Waals surface area contributed by atoms with Gasteiger partial charge in [-0.1, -0.05) is 0 Å². The third-order valence-corrected chi connectivity index (χ3v) is 3.98. The minimum absolute atomic E-state index is 0. The Morgan fingerprint density at radius 2 is 1.96 bits per heavy atom. The summed E-state index contributed by atoms with van der Waals surface area (Å²) in [5, 5.41) is 3.09. The van der Waals surface area contributed by atoms with Crippen LogP contribution in [-0.4, -0.2) is 50.3 Å². The largest absolute Gasteiger partial charge is 0.493 e. The van der Waals surface area contributed by atoms with Gasteiger partial charge in [0.25, 0.3) is 0 Å². The molecule has 1 aliphatic carbocycles. The second-order valence-electron chi connectivity index (χ2n) is 6.02. The summed E-state index contributed by atoms with van der Waals surface area (Å²) in [6.07, 6.45) is 2.61. The molecule has 0 atom stereocenters. The van der Waals surface area contributed by atoms with Gasteiger partial charge in [0.1, 0.15) is 0 Å². The predicted octanol–water partition coefficient (Wildman–Crippen LogP) is 2.92. The lowest BCUT2D eigenvalue weighted by molar-refractivity contribution is 0.218. The molecule has 2 rings (SSSR count). The van der Waals surface area contributed by atoms with Crippen LogP contribution in [0.5, 0.6) is 11.5 Å². The second kappa shape index (κ2) is 9.93. The Kier molecular flexibility index (Phi) is 8.61. The summed E-state index contributed by atoms with van der Waals surface area (Å²) in [6.45, 7) is 6.10. The number of benzene rings is 1. The van der Waals surface area contributed by atoms with E-state index in [0.717, 1.165) is 18.3 Å². The molecule has 0 heterocycles. The molecular formula is C17H29IN4O2. The number of aliphatic imine (C=N–C) groups is 1. The molecule has 0 saturated heterocycles. The van der Waals surface area contributed by atoms with Crippen molar-refractivity contribution < 1.29 is 9.47 Å². The third kappa shape index (κ3) is 6.01. The maximum atomic E-state index is 5.97. The normalized spacial score (nSPS) is 14.5. The van der Waals surface area contributed by atoms with E-state index in [-0.39, 0.29) is 24.0 Å². The number of halogens is 1. The van der Waals surface area contributed by atoms with Crippen molar-refractivity contribution in [2.24, 2.45) is 10.7 Å². The number of hydrogen-bond acceptors (Lipinski definition) is 4. The van der Waals surface area contributed by atoms with Gasteiger partial charge in [0.05, 0.1) is 20.8 Å². The van der Waals surface area contributed by atoms with Crippen LogP contribution in [0.2, 0.25) is 0 Å². The van der Waals surface area contributed by atoms with Crippen LogP contribution in [0.25, 0.3) is 0 Å². The molecule has 1 saturated carbocycles. The minimum Gasteiger partial charge on any atom is -0.493 e. The quantitative estimate of drug-likeness (QED) is 0.364. The predicted molar refractivity (Wildman–Crippen MR) is 110 cm³/mol. The van der Waals surface area contributed by atoms with Crippen LogP contribution >= 0.6 is 24.0 Å². The van der Waals surface area contributed by atoms with E-state index < -0.39 is 0 Å². The molecule has 0 radical (unpaired) electrons. The maximum absolute atomic E-state index is 5.97. The summed E-state index contributed by atoms with van der Waals surface area (Å²) >= 11 is 0. The molecule has 1 aliphatic rings. The van der Waals surface area contributed by atoms with Gasteiger partial charge in [0.2, 0.25) is 0 Å². The highest BCUT2D eigenvalue weighted by Gasteiger charge is 2.29. The zero-order valence-electron chi connectivity index (χ0n) is 14.9. The Labute approximate surface area is 161 Å². The lowest BCUT2D eigenvalue weighted by Crippen LogP contribution is -2.35. The highest BCUT2D eigenvalue weighted by molar-refractivity contribution is 14.0. The van der Waals surface area contributed by atoms with Gasteiger partial charge in [-0.25, -0.2) is 0 Å². The van der Waals surface area contributed by atoms with E-state index in [1.54, 1.807) is 14.2 Å². The first-order chi connectivity index (χ1) is 11.0. The molecule has 0 spiro atoms. The van der Waals surface area contributed by atoms with Gasteiger partial charge in [0.15, 0.2) is 17.5 Å². The number of guanidine groups is 1. The monoisotopic (exact) mass is 448 g/mol. The maximum Gasteiger partial charge on any atom is 0.193 e. The van der Waals surface area contributed by atoms with Gasteiger partial charge in [-0.2, -0.15) is 0 Å². The number of nitrogens with two attached hydrogens (primary N) is 1. The second-order valence-corrected chi connectivity index (χ2v) is 6.02. The lowest BCUT2D eigenvalue weighted by atomic mass is 10.3. The van der Waals surface area contributed by atoms with E-state index in [1.807, 2.05) is 18.2 Å². The smallest absolute Gasteiger partial charge is 0.193 e. The van der Waals surface area contributed by atoms with Crippen molar-refractivity contribution in [1.82, 2.24) is 4.90 Å². The zero-order chi connectivity index (χ0) is 16.8. The van der Waals surface area contributed by atoms with E-state index >= 15 is 0 Å². The van der Waals surface area contributed by atoms with E-state index in [0.29, 0.717) is 30.0 Å². The molecule has 0 bridgehead atoms. The van der Waals surface area contributed by atoms with Gasteiger partial charge in [-0.15, -0.1) is 24.0 Å². The SMILES string of the molecule is COc1ccc(NC(N)=NCCN(C(C)C)C2CC2)cc1OC.I. The van der Waals surface area contributed by atoms with Gasteiger partial charge in [0, 0.05) is 30.4 Å². The number of methoxy groups -OCH3 is 2. The van der Waals surface area contributed by atoms with Crippen LogP contribution < -0.4 is 20.5 Å². The van der Waals surface area contributed by atoms with E-state index in [4.69, 9.17) is 15.2 Å². The molecule has 1 aromatic rings. The first kappa shape index (κ1) is 20.8. The van der Waals surface area contributed by atoms with Crippen molar-refractivity contribution >= 4 is 35.6 Å². The van der Waals surface area contributed by atoms with Crippen molar-refractivity contribution in [2.75, 3.05) is 32.6 Å². The molecule has 0 aliphatic heterocycles. The summed E-state index contributed by atoms with van der Waals surface area (Å²) in [7, 11) is 3.22. The average molecular weight is 448 g/mol.